The first-order chi connectivity index (χ1) is 6.88. The number of rotatable bonds is 0. The van der Waals surface area contributed by atoms with Gasteiger partial charge in [-0.3, -0.25) is 0 Å². The second-order valence-electron chi connectivity index (χ2n) is 2.65. The van der Waals surface area contributed by atoms with Crippen molar-refractivity contribution in [2.75, 3.05) is 0 Å². The van der Waals surface area contributed by atoms with Crippen LogP contribution in [0.25, 0.3) is 0 Å². The van der Waals surface area contributed by atoms with Crippen LogP contribution in [-0.2, 0) is 39.1 Å². The summed E-state index contributed by atoms with van der Waals surface area (Å²) < 4.78 is 0. The molecule has 0 saturated carbocycles. The van der Waals surface area contributed by atoms with E-state index in [-0.39, 0.29) is 32.7 Å². The molecule has 0 spiro atoms. The summed E-state index contributed by atoms with van der Waals surface area (Å²) in [5.41, 5.74) is 2.37. The third-order valence-electron chi connectivity index (χ3n) is 1.46. The maximum absolute atomic E-state index is 4.05. The van der Waals surface area contributed by atoms with Crippen molar-refractivity contribution in [3.05, 3.63) is 36.2 Å². The summed E-state index contributed by atoms with van der Waals surface area (Å²) in [5, 5.41) is 0. The van der Waals surface area contributed by atoms with Gasteiger partial charge in [0.25, 0.3) is 0 Å². The number of nitrogens with zero attached hydrogens (tertiary/aromatic N) is 1. The number of aliphatic imine (C=N–C) groups is 1. The van der Waals surface area contributed by atoms with Crippen molar-refractivity contribution in [1.82, 2.24) is 0 Å². The molecule has 0 saturated heterocycles. The Morgan fingerprint density at radius 2 is 1.73 bits per heavy atom. The molecular weight excluding hydrogens is 259 g/mol. The Morgan fingerprint density at radius 3 is 2.27 bits per heavy atom. The van der Waals surface area contributed by atoms with Crippen molar-refractivity contribution >= 4 is 11.9 Å². The molecule has 0 aliphatic carbocycles. The summed E-state index contributed by atoms with van der Waals surface area (Å²) in [6, 6.07) is 8.12. The van der Waals surface area contributed by atoms with Crippen LogP contribution in [0.2, 0.25) is 0 Å². The van der Waals surface area contributed by atoms with Crippen LogP contribution in [0.1, 0.15) is 33.3 Å². The van der Waals surface area contributed by atoms with Crippen LogP contribution in [0.4, 0.5) is 5.69 Å². The van der Waals surface area contributed by atoms with Crippen LogP contribution in [0.15, 0.2) is 29.3 Å². The maximum atomic E-state index is 4.05. The third-order valence-corrected chi connectivity index (χ3v) is 1.46. The Morgan fingerprint density at radius 1 is 1.20 bits per heavy atom. The molecule has 15 heavy (non-hydrogen) atoms. The molecule has 2 heteroatoms. The molecule has 0 aromatic heterocycles. The standard InChI is InChI=1S/C8H6N.C3H7.C2H6.Y/c1-2-4-8-7(3-1)5-6-9-8;1-3-2;1-2;/h1-4H,5H2;3H,1-2H3;1-2H3;/q2*-1;;. The molecule has 0 amide bonds. The van der Waals surface area contributed by atoms with Crippen LogP contribution in [0.5, 0.6) is 0 Å². The van der Waals surface area contributed by atoms with E-state index >= 15 is 0 Å². The van der Waals surface area contributed by atoms with Gasteiger partial charge in [0.15, 0.2) is 0 Å². The summed E-state index contributed by atoms with van der Waals surface area (Å²) in [5.74, 6) is 0. The van der Waals surface area contributed by atoms with Crippen LogP contribution in [-0.4, -0.2) is 6.21 Å². The molecule has 1 heterocycles. The minimum Gasteiger partial charge on any atom is -0.456 e. The zero-order valence-corrected chi connectivity index (χ0v) is 13.0. The predicted octanol–water partition coefficient (Wildman–Crippen LogP) is 4.08. The molecule has 1 aliphatic rings. The largest absolute Gasteiger partial charge is 0.456 e. The van der Waals surface area contributed by atoms with Gasteiger partial charge in [-0.25, -0.2) is 0 Å². The van der Waals surface area contributed by atoms with E-state index in [0.29, 0.717) is 0 Å². The first-order valence-corrected chi connectivity index (χ1v) is 5.14. The minimum absolute atomic E-state index is 0. The molecular formula is C13H19NY-2. The van der Waals surface area contributed by atoms with Crippen molar-refractivity contribution in [2.24, 2.45) is 4.99 Å². The Kier molecular flexibility index (Phi) is 14.0. The summed E-state index contributed by atoms with van der Waals surface area (Å²) in [6.45, 7) is 8.00. The topological polar surface area (TPSA) is 12.4 Å². The van der Waals surface area contributed by atoms with Crippen molar-refractivity contribution in [3.8, 4) is 0 Å². The average molecular weight is 278 g/mol. The van der Waals surface area contributed by atoms with Crippen LogP contribution < -0.4 is 0 Å². The Labute approximate surface area is 119 Å². The average Bonchev–Trinajstić information content (AvgIpc) is 2.69. The summed E-state index contributed by atoms with van der Waals surface area (Å²) in [6.07, 6.45) is 5.80. The molecule has 0 fully saturated rings. The Bertz CT molecular complexity index is 269. The van der Waals surface area contributed by atoms with E-state index in [1.807, 2.05) is 52.3 Å². The van der Waals surface area contributed by atoms with E-state index < -0.39 is 0 Å². The van der Waals surface area contributed by atoms with E-state index in [9.17, 15) is 0 Å². The molecule has 1 aromatic rings. The van der Waals surface area contributed by atoms with Gasteiger partial charge in [-0.1, -0.05) is 44.2 Å². The van der Waals surface area contributed by atoms with Gasteiger partial charge in [-0.2, -0.15) is 20.1 Å². The number of para-hydroxylation sites is 1. The zero-order chi connectivity index (χ0) is 10.8. The predicted molar refractivity (Wildman–Crippen MR) is 64.2 cm³/mol. The number of benzene rings is 1. The summed E-state index contributed by atoms with van der Waals surface area (Å²) in [4.78, 5) is 4.05. The number of hydrogen-bond donors (Lipinski definition) is 0. The van der Waals surface area contributed by atoms with E-state index in [0.717, 1.165) is 12.1 Å². The summed E-state index contributed by atoms with van der Waals surface area (Å²) in [7, 11) is 0. The fourth-order valence-corrected chi connectivity index (χ4v) is 0.979. The van der Waals surface area contributed by atoms with Crippen molar-refractivity contribution < 1.29 is 32.7 Å². The van der Waals surface area contributed by atoms with Crippen molar-refractivity contribution in [2.45, 2.75) is 34.1 Å². The molecule has 1 radical (unpaired) electrons. The quantitative estimate of drug-likeness (QED) is 0.634. The van der Waals surface area contributed by atoms with Crippen LogP contribution >= 0.6 is 0 Å². The fraction of sp³-hybridized carbons (Fsp3) is 0.385. The fourth-order valence-electron chi connectivity index (χ4n) is 0.979. The van der Waals surface area contributed by atoms with Gasteiger partial charge >= 0.3 is 0 Å². The van der Waals surface area contributed by atoms with Crippen molar-refractivity contribution in [1.29, 1.82) is 0 Å². The third kappa shape index (κ3) is 6.97. The number of fused-ring (bicyclic) bond motifs is 1. The molecule has 0 atom stereocenters. The first kappa shape index (κ1) is 17.4. The monoisotopic (exact) mass is 278 g/mol. The van der Waals surface area contributed by atoms with Gasteiger partial charge in [0.1, 0.15) is 0 Å². The van der Waals surface area contributed by atoms with Gasteiger partial charge < -0.3 is 11.4 Å². The Hall–Kier alpha value is -0.00610. The molecule has 1 aliphatic heterocycles. The molecule has 81 valence electrons. The van der Waals surface area contributed by atoms with E-state index in [2.05, 4.69) is 17.3 Å². The molecule has 0 unspecified atom stereocenters. The molecule has 2 rings (SSSR count). The van der Waals surface area contributed by atoms with Crippen LogP contribution in [0.3, 0.4) is 0 Å². The van der Waals surface area contributed by atoms with Gasteiger partial charge in [0.05, 0.1) is 0 Å². The van der Waals surface area contributed by atoms with Gasteiger partial charge in [0, 0.05) is 32.7 Å². The molecule has 0 N–H and O–H groups in total. The van der Waals surface area contributed by atoms with E-state index in [1.165, 1.54) is 5.56 Å². The normalized spacial score (nSPS) is 9.87. The first-order valence-electron chi connectivity index (χ1n) is 5.14. The zero-order valence-electron chi connectivity index (χ0n) is 10.1. The van der Waals surface area contributed by atoms with Gasteiger partial charge in [-0.15, -0.1) is 11.6 Å². The van der Waals surface area contributed by atoms with Crippen molar-refractivity contribution in [3.63, 3.8) is 0 Å². The SMILES string of the molecule is CC.C[CH-]C.[C-]1=Nc2ccccc2C1.[Y]. The van der Waals surface area contributed by atoms with E-state index in [1.54, 1.807) is 0 Å². The second-order valence-corrected chi connectivity index (χ2v) is 2.65. The molecule has 1 aromatic carbocycles. The van der Waals surface area contributed by atoms with E-state index in [4.69, 9.17) is 0 Å². The molecule has 1 nitrogen and oxygen atoms in total. The maximum Gasteiger partial charge on any atom is 0 e. The van der Waals surface area contributed by atoms with Gasteiger partial charge in [0.2, 0.25) is 0 Å². The number of hydrogen-bond acceptors (Lipinski definition) is 1. The Balaban J connectivity index is 0. The van der Waals surface area contributed by atoms with Crippen LogP contribution in [0, 0.1) is 6.42 Å². The smallest absolute Gasteiger partial charge is 0 e. The molecule has 0 bridgehead atoms. The second kappa shape index (κ2) is 12.1. The minimum atomic E-state index is 0. The van der Waals surface area contributed by atoms with Gasteiger partial charge in [-0.05, 0) is 0 Å². The summed E-state index contributed by atoms with van der Waals surface area (Å²) >= 11 is 0.